The highest BCUT2D eigenvalue weighted by atomic mass is 32.1. The van der Waals surface area contributed by atoms with Crippen LogP contribution in [0.25, 0.3) is 11.3 Å². The Hall–Kier alpha value is -1.19. The first-order valence-electron chi connectivity index (χ1n) is 9.49. The molecule has 4 fully saturated rings. The number of hydrogen-bond donors (Lipinski definition) is 1. The lowest BCUT2D eigenvalue weighted by atomic mass is 9.48. The first-order valence-corrected chi connectivity index (χ1v) is 10.4. The SMILES string of the molecule is NCCc1nc(-c2ccc(C34CC5CC(CC(C5)C3)C4)cc2)cs1. The molecule has 2 N–H and O–H groups in total. The zero-order valence-corrected chi connectivity index (χ0v) is 15.0. The van der Waals surface area contributed by atoms with Crippen molar-refractivity contribution in [3.63, 3.8) is 0 Å². The lowest BCUT2D eigenvalue weighted by Gasteiger charge is -2.57. The number of rotatable bonds is 4. The zero-order valence-electron chi connectivity index (χ0n) is 14.2. The van der Waals surface area contributed by atoms with E-state index >= 15 is 0 Å². The van der Waals surface area contributed by atoms with Gasteiger partial charge in [0.25, 0.3) is 0 Å². The summed E-state index contributed by atoms with van der Waals surface area (Å²) in [5.74, 6) is 3.02. The average molecular weight is 339 g/mol. The molecular formula is C21H26N2S. The third-order valence-electron chi connectivity index (χ3n) is 6.74. The minimum Gasteiger partial charge on any atom is -0.330 e. The predicted octanol–water partition coefficient (Wildman–Crippen LogP) is 4.78. The van der Waals surface area contributed by atoms with Gasteiger partial charge in [0, 0.05) is 17.4 Å². The molecule has 2 nitrogen and oxygen atoms in total. The molecule has 1 aromatic carbocycles. The van der Waals surface area contributed by atoms with Gasteiger partial charge in [-0.1, -0.05) is 24.3 Å². The van der Waals surface area contributed by atoms with Crippen molar-refractivity contribution in [1.29, 1.82) is 0 Å². The van der Waals surface area contributed by atoms with Crippen LogP contribution in [0.15, 0.2) is 29.6 Å². The largest absolute Gasteiger partial charge is 0.330 e. The van der Waals surface area contributed by atoms with E-state index in [1.54, 1.807) is 16.9 Å². The maximum Gasteiger partial charge on any atom is 0.0945 e. The van der Waals surface area contributed by atoms with Crippen LogP contribution in [-0.2, 0) is 11.8 Å². The van der Waals surface area contributed by atoms with Crippen LogP contribution >= 0.6 is 11.3 Å². The molecule has 0 spiro atoms. The Balaban J connectivity index is 1.42. The third kappa shape index (κ3) is 2.44. The second-order valence-corrected chi connectivity index (χ2v) is 9.38. The van der Waals surface area contributed by atoms with Gasteiger partial charge < -0.3 is 5.73 Å². The van der Waals surface area contributed by atoms with E-state index in [1.807, 2.05) is 0 Å². The molecule has 3 heteroatoms. The molecular weight excluding hydrogens is 312 g/mol. The van der Waals surface area contributed by atoms with Crippen molar-refractivity contribution in [3.05, 3.63) is 40.2 Å². The molecule has 6 rings (SSSR count). The van der Waals surface area contributed by atoms with Gasteiger partial charge in [-0.3, -0.25) is 0 Å². The van der Waals surface area contributed by atoms with Gasteiger partial charge in [0.1, 0.15) is 0 Å². The van der Waals surface area contributed by atoms with E-state index in [0.29, 0.717) is 12.0 Å². The van der Waals surface area contributed by atoms with Crippen LogP contribution in [0.4, 0.5) is 0 Å². The lowest BCUT2D eigenvalue weighted by Crippen LogP contribution is -2.48. The minimum absolute atomic E-state index is 0.500. The molecule has 1 heterocycles. The Bertz CT molecular complexity index is 695. The molecule has 1 aromatic heterocycles. The molecule has 0 aliphatic heterocycles. The summed E-state index contributed by atoms with van der Waals surface area (Å²) in [6.07, 6.45) is 9.75. The summed E-state index contributed by atoms with van der Waals surface area (Å²) in [5, 5.41) is 3.32. The Kier molecular flexibility index (Phi) is 3.57. The fourth-order valence-electron chi connectivity index (χ4n) is 6.14. The number of thiazole rings is 1. The van der Waals surface area contributed by atoms with Gasteiger partial charge in [-0.05, 0) is 73.8 Å². The maximum atomic E-state index is 5.64. The van der Waals surface area contributed by atoms with Gasteiger partial charge in [-0.15, -0.1) is 11.3 Å². The summed E-state index contributed by atoms with van der Waals surface area (Å²) in [6, 6.07) is 9.42. The maximum absolute atomic E-state index is 5.64. The number of benzene rings is 1. The monoisotopic (exact) mass is 338 g/mol. The molecule has 0 unspecified atom stereocenters. The van der Waals surface area contributed by atoms with Crippen molar-refractivity contribution in [2.24, 2.45) is 23.5 Å². The topological polar surface area (TPSA) is 38.9 Å². The quantitative estimate of drug-likeness (QED) is 0.871. The van der Waals surface area contributed by atoms with Gasteiger partial charge in [0.15, 0.2) is 0 Å². The highest BCUT2D eigenvalue weighted by molar-refractivity contribution is 7.09. The number of aromatic nitrogens is 1. The Labute approximate surface area is 148 Å². The average Bonchev–Trinajstić information content (AvgIpc) is 3.03. The normalized spacial score (nSPS) is 34.0. The number of nitrogens with two attached hydrogens (primary N) is 1. The van der Waals surface area contributed by atoms with Crippen molar-refractivity contribution < 1.29 is 0 Å². The molecule has 0 radical (unpaired) electrons. The van der Waals surface area contributed by atoms with Crippen LogP contribution in [0.5, 0.6) is 0 Å². The van der Waals surface area contributed by atoms with Gasteiger partial charge in [0.05, 0.1) is 10.7 Å². The minimum atomic E-state index is 0.500. The molecule has 4 aliphatic rings. The van der Waals surface area contributed by atoms with Crippen LogP contribution in [0, 0.1) is 17.8 Å². The molecule has 24 heavy (non-hydrogen) atoms. The third-order valence-corrected chi connectivity index (χ3v) is 7.65. The summed E-state index contributed by atoms with van der Waals surface area (Å²) in [4.78, 5) is 4.73. The first kappa shape index (κ1) is 15.1. The van der Waals surface area contributed by atoms with Crippen molar-refractivity contribution in [2.75, 3.05) is 6.54 Å². The molecule has 4 bridgehead atoms. The van der Waals surface area contributed by atoms with Gasteiger partial charge in [-0.25, -0.2) is 4.98 Å². The van der Waals surface area contributed by atoms with E-state index in [4.69, 9.17) is 10.7 Å². The molecule has 126 valence electrons. The molecule has 4 aliphatic carbocycles. The van der Waals surface area contributed by atoms with Crippen LogP contribution in [0.3, 0.4) is 0 Å². The van der Waals surface area contributed by atoms with Gasteiger partial charge in [0.2, 0.25) is 0 Å². The van der Waals surface area contributed by atoms with E-state index in [9.17, 15) is 0 Å². The molecule has 4 saturated carbocycles. The predicted molar refractivity (Wildman–Crippen MR) is 100 cm³/mol. The van der Waals surface area contributed by atoms with E-state index in [-0.39, 0.29) is 0 Å². The van der Waals surface area contributed by atoms with E-state index < -0.39 is 0 Å². The fraction of sp³-hybridized carbons (Fsp3) is 0.571. The van der Waals surface area contributed by atoms with Crippen LogP contribution in [0.2, 0.25) is 0 Å². The van der Waals surface area contributed by atoms with Crippen molar-refractivity contribution >= 4 is 11.3 Å². The van der Waals surface area contributed by atoms with Crippen LogP contribution < -0.4 is 5.73 Å². The van der Waals surface area contributed by atoms with Crippen LogP contribution in [0.1, 0.15) is 49.1 Å². The van der Waals surface area contributed by atoms with Gasteiger partial charge >= 0.3 is 0 Å². The Morgan fingerprint density at radius 3 is 2.21 bits per heavy atom. The highest BCUT2D eigenvalue weighted by Crippen LogP contribution is 2.60. The smallest absolute Gasteiger partial charge is 0.0945 e. The van der Waals surface area contributed by atoms with E-state index in [0.717, 1.165) is 34.9 Å². The fourth-order valence-corrected chi connectivity index (χ4v) is 6.96. The van der Waals surface area contributed by atoms with E-state index in [1.165, 1.54) is 44.1 Å². The van der Waals surface area contributed by atoms with Crippen molar-refractivity contribution in [2.45, 2.75) is 50.4 Å². The van der Waals surface area contributed by atoms with Gasteiger partial charge in [-0.2, -0.15) is 0 Å². The molecule has 2 aromatic rings. The Morgan fingerprint density at radius 1 is 1.00 bits per heavy atom. The second-order valence-electron chi connectivity index (χ2n) is 8.44. The lowest BCUT2D eigenvalue weighted by molar-refractivity contribution is -0.00518. The second kappa shape index (κ2) is 5.67. The summed E-state index contributed by atoms with van der Waals surface area (Å²) < 4.78 is 0. The first-order chi connectivity index (χ1) is 11.7. The number of hydrogen-bond acceptors (Lipinski definition) is 3. The van der Waals surface area contributed by atoms with E-state index in [2.05, 4.69) is 29.6 Å². The number of nitrogens with zero attached hydrogens (tertiary/aromatic N) is 1. The zero-order chi connectivity index (χ0) is 16.1. The van der Waals surface area contributed by atoms with Crippen molar-refractivity contribution in [3.8, 4) is 11.3 Å². The summed E-state index contributed by atoms with van der Waals surface area (Å²) in [7, 11) is 0. The highest BCUT2D eigenvalue weighted by Gasteiger charge is 2.51. The van der Waals surface area contributed by atoms with Crippen molar-refractivity contribution in [1.82, 2.24) is 4.98 Å². The molecule has 0 atom stereocenters. The standard InChI is InChI=1S/C21H26N2S/c22-6-5-20-23-19(13-24-20)17-1-3-18(4-2-17)21-10-14-7-15(11-21)9-16(8-14)12-21/h1-4,13-16H,5-12,22H2. The molecule has 0 amide bonds. The summed E-state index contributed by atoms with van der Waals surface area (Å²) in [6.45, 7) is 0.678. The van der Waals surface area contributed by atoms with Crippen LogP contribution in [-0.4, -0.2) is 11.5 Å². The summed E-state index contributed by atoms with van der Waals surface area (Å²) in [5.41, 5.74) is 10.1. The molecule has 0 saturated heterocycles. The summed E-state index contributed by atoms with van der Waals surface area (Å²) >= 11 is 1.73. The Morgan fingerprint density at radius 2 is 1.62 bits per heavy atom.